The van der Waals surface area contributed by atoms with Crippen LogP contribution in [0.5, 0.6) is 0 Å². The van der Waals surface area contributed by atoms with Crippen molar-refractivity contribution in [3.8, 4) is 0 Å². The number of carbonyl (C=O) groups excluding carboxylic acids is 1. The maximum atomic E-state index is 13.0. The molecule has 2 fully saturated rings. The molecule has 0 aromatic heterocycles. The van der Waals surface area contributed by atoms with Gasteiger partial charge in [0.25, 0.3) is 0 Å². The summed E-state index contributed by atoms with van der Waals surface area (Å²) >= 11 is 0. The third kappa shape index (κ3) is 5.43. The Kier molecular flexibility index (Phi) is 7.14. The fourth-order valence-electron chi connectivity index (χ4n) is 4.24. The molecule has 3 unspecified atom stereocenters. The third-order valence-corrected chi connectivity index (χ3v) is 6.09. The monoisotopic (exact) mass is 368 g/mol. The first-order chi connectivity index (χ1) is 12.1. The molecule has 0 bridgehead atoms. The number of piperidine rings is 2. The van der Waals surface area contributed by atoms with E-state index in [0.29, 0.717) is 6.04 Å². The minimum Gasteiger partial charge on any atom is -0.458 e. The Hall–Kier alpha value is -0.650. The SMILES string of the molecule is CCC1(C)CCCC(C)N1OC(C(=O)OC(C)(C)C)C1CCN(C)CC1. The zero-order valence-corrected chi connectivity index (χ0v) is 18.0. The molecule has 26 heavy (non-hydrogen) atoms. The molecule has 152 valence electrons. The number of rotatable bonds is 5. The van der Waals surface area contributed by atoms with Crippen LogP contribution in [0.15, 0.2) is 0 Å². The van der Waals surface area contributed by atoms with Crippen molar-refractivity contribution in [2.45, 2.75) is 103 Å². The summed E-state index contributed by atoms with van der Waals surface area (Å²) in [5, 5.41) is 2.14. The average Bonchev–Trinajstić information content (AvgIpc) is 2.54. The quantitative estimate of drug-likeness (QED) is 0.686. The zero-order chi connectivity index (χ0) is 19.5. The number of esters is 1. The van der Waals surface area contributed by atoms with Gasteiger partial charge in [-0.2, -0.15) is 5.06 Å². The molecule has 3 atom stereocenters. The Balaban J connectivity index is 2.20. The lowest BCUT2D eigenvalue weighted by molar-refractivity contribution is -0.293. The fourth-order valence-corrected chi connectivity index (χ4v) is 4.24. The maximum absolute atomic E-state index is 13.0. The average molecular weight is 369 g/mol. The van der Waals surface area contributed by atoms with Gasteiger partial charge in [-0.05, 0) is 93.3 Å². The molecule has 0 radical (unpaired) electrons. The highest BCUT2D eigenvalue weighted by atomic mass is 16.7. The Bertz CT molecular complexity index is 468. The molecule has 2 saturated heterocycles. The van der Waals surface area contributed by atoms with Crippen molar-refractivity contribution in [2.24, 2.45) is 5.92 Å². The summed E-state index contributed by atoms with van der Waals surface area (Å²) in [5.41, 5.74) is -0.505. The van der Waals surface area contributed by atoms with E-state index < -0.39 is 11.7 Å². The second-order valence-electron chi connectivity index (χ2n) is 9.62. The van der Waals surface area contributed by atoms with Gasteiger partial charge in [0.15, 0.2) is 6.10 Å². The van der Waals surface area contributed by atoms with Gasteiger partial charge in [-0.25, -0.2) is 4.79 Å². The van der Waals surface area contributed by atoms with Crippen molar-refractivity contribution < 1.29 is 14.4 Å². The molecule has 2 rings (SSSR count). The Morgan fingerprint density at radius 1 is 1.23 bits per heavy atom. The number of hydrogen-bond acceptors (Lipinski definition) is 5. The second-order valence-corrected chi connectivity index (χ2v) is 9.62. The van der Waals surface area contributed by atoms with E-state index in [-0.39, 0.29) is 17.4 Å². The third-order valence-electron chi connectivity index (χ3n) is 6.09. The van der Waals surface area contributed by atoms with Crippen LogP contribution in [0.4, 0.5) is 0 Å². The van der Waals surface area contributed by atoms with E-state index in [9.17, 15) is 4.79 Å². The molecule has 2 heterocycles. The predicted octanol–water partition coefficient (Wildman–Crippen LogP) is 4.01. The summed E-state index contributed by atoms with van der Waals surface area (Å²) in [4.78, 5) is 21.9. The molecule has 5 heteroatoms. The maximum Gasteiger partial charge on any atom is 0.338 e. The first-order valence-corrected chi connectivity index (χ1v) is 10.4. The van der Waals surface area contributed by atoms with Gasteiger partial charge in [0.2, 0.25) is 0 Å². The van der Waals surface area contributed by atoms with E-state index in [1.807, 2.05) is 20.8 Å². The van der Waals surface area contributed by atoms with E-state index in [2.05, 4.69) is 37.8 Å². The van der Waals surface area contributed by atoms with Crippen molar-refractivity contribution in [1.29, 1.82) is 0 Å². The first-order valence-electron chi connectivity index (χ1n) is 10.4. The number of likely N-dealkylation sites (tertiary alicyclic amines) is 1. The molecule has 0 amide bonds. The largest absolute Gasteiger partial charge is 0.458 e. The van der Waals surface area contributed by atoms with E-state index >= 15 is 0 Å². The lowest BCUT2D eigenvalue weighted by Gasteiger charge is -2.49. The van der Waals surface area contributed by atoms with Crippen LogP contribution in [-0.4, -0.2) is 59.4 Å². The van der Waals surface area contributed by atoms with Gasteiger partial charge in [-0.1, -0.05) is 6.92 Å². The number of hydroxylamine groups is 2. The van der Waals surface area contributed by atoms with Gasteiger partial charge < -0.3 is 9.64 Å². The van der Waals surface area contributed by atoms with Crippen LogP contribution in [0.2, 0.25) is 0 Å². The molecular weight excluding hydrogens is 328 g/mol. The van der Waals surface area contributed by atoms with E-state index in [1.54, 1.807) is 0 Å². The normalized spacial score (nSPS) is 31.0. The smallest absolute Gasteiger partial charge is 0.338 e. The summed E-state index contributed by atoms with van der Waals surface area (Å²) in [5.74, 6) is 0.0135. The van der Waals surface area contributed by atoms with Crippen molar-refractivity contribution in [3.63, 3.8) is 0 Å². The fraction of sp³-hybridized carbons (Fsp3) is 0.952. The van der Waals surface area contributed by atoms with E-state index in [4.69, 9.17) is 9.57 Å². The van der Waals surface area contributed by atoms with Crippen molar-refractivity contribution in [3.05, 3.63) is 0 Å². The van der Waals surface area contributed by atoms with Crippen LogP contribution in [0.25, 0.3) is 0 Å². The molecule has 0 saturated carbocycles. The van der Waals surface area contributed by atoms with Crippen LogP contribution >= 0.6 is 0 Å². The van der Waals surface area contributed by atoms with E-state index in [1.165, 1.54) is 6.42 Å². The van der Waals surface area contributed by atoms with Gasteiger partial charge in [0, 0.05) is 17.5 Å². The zero-order valence-electron chi connectivity index (χ0n) is 18.0. The summed E-state index contributed by atoms with van der Waals surface area (Å²) in [6.45, 7) is 14.5. The number of carbonyl (C=O) groups is 1. The molecule has 2 aliphatic rings. The van der Waals surface area contributed by atoms with Gasteiger partial charge >= 0.3 is 5.97 Å². The van der Waals surface area contributed by atoms with Crippen LogP contribution in [-0.2, 0) is 14.4 Å². The Labute approximate surface area is 160 Å². The molecule has 0 aromatic carbocycles. The summed E-state index contributed by atoms with van der Waals surface area (Å²) in [6, 6.07) is 0.324. The van der Waals surface area contributed by atoms with E-state index in [0.717, 1.165) is 45.2 Å². The molecule has 0 aromatic rings. The van der Waals surface area contributed by atoms with Crippen molar-refractivity contribution in [2.75, 3.05) is 20.1 Å². The molecule has 5 nitrogen and oxygen atoms in total. The van der Waals surface area contributed by atoms with Gasteiger partial charge in [-0.3, -0.25) is 4.84 Å². The minimum absolute atomic E-state index is 0.0105. The van der Waals surface area contributed by atoms with Crippen molar-refractivity contribution >= 4 is 5.97 Å². The Morgan fingerprint density at radius 2 is 1.85 bits per heavy atom. The topological polar surface area (TPSA) is 42.0 Å². The molecule has 0 aliphatic carbocycles. The van der Waals surface area contributed by atoms with Crippen molar-refractivity contribution in [1.82, 2.24) is 9.96 Å². The van der Waals surface area contributed by atoms with Crippen LogP contribution in [0.3, 0.4) is 0 Å². The highest BCUT2D eigenvalue weighted by Crippen LogP contribution is 2.37. The summed E-state index contributed by atoms with van der Waals surface area (Å²) < 4.78 is 5.75. The number of hydrogen-bond donors (Lipinski definition) is 0. The molecule has 2 aliphatic heterocycles. The lowest BCUT2D eigenvalue weighted by atomic mass is 9.85. The Morgan fingerprint density at radius 3 is 2.38 bits per heavy atom. The minimum atomic E-state index is -0.505. The molecule has 0 spiro atoms. The number of nitrogens with zero attached hydrogens (tertiary/aromatic N) is 2. The second kappa shape index (κ2) is 8.57. The molecule has 0 N–H and O–H groups in total. The van der Waals surface area contributed by atoms with Crippen LogP contribution in [0, 0.1) is 5.92 Å². The summed E-state index contributed by atoms with van der Waals surface area (Å²) in [6.07, 6.45) is 5.92. The van der Waals surface area contributed by atoms with Gasteiger partial charge in [0.1, 0.15) is 5.60 Å². The first kappa shape index (κ1) is 21.6. The van der Waals surface area contributed by atoms with Crippen LogP contribution < -0.4 is 0 Å². The summed E-state index contributed by atoms with van der Waals surface area (Å²) in [7, 11) is 2.14. The number of ether oxygens (including phenoxy) is 1. The molecular formula is C21H40N2O3. The highest BCUT2D eigenvalue weighted by Gasteiger charge is 2.43. The predicted molar refractivity (Wildman–Crippen MR) is 105 cm³/mol. The van der Waals surface area contributed by atoms with Gasteiger partial charge in [-0.15, -0.1) is 0 Å². The lowest BCUT2D eigenvalue weighted by Crippen LogP contribution is -2.57. The van der Waals surface area contributed by atoms with Crippen LogP contribution in [0.1, 0.15) is 80.1 Å². The standard InChI is InChI=1S/C21H40N2O3/c1-8-21(6)13-9-10-16(2)23(21)26-18(19(24)25-20(3,4)5)17-11-14-22(7)15-12-17/h16-18H,8-15H2,1-7H3. The highest BCUT2D eigenvalue weighted by molar-refractivity contribution is 5.75. The van der Waals surface area contributed by atoms with Gasteiger partial charge in [0.05, 0.1) is 0 Å².